The molecule has 1 saturated heterocycles. The van der Waals surface area contributed by atoms with Crippen molar-refractivity contribution in [3.8, 4) is 0 Å². The largest absolute Gasteiger partial charge is 0.461 e. The van der Waals surface area contributed by atoms with Gasteiger partial charge in [0.15, 0.2) is 0 Å². The van der Waals surface area contributed by atoms with Gasteiger partial charge >= 0.3 is 5.51 Å². The summed E-state index contributed by atoms with van der Waals surface area (Å²) < 4.78 is 39.5. The van der Waals surface area contributed by atoms with Crippen LogP contribution in [0.1, 0.15) is 48.5 Å². The molecule has 3 rings (SSSR count). The molecule has 2 amide bonds. The van der Waals surface area contributed by atoms with Gasteiger partial charge in [-0.2, -0.15) is 13.2 Å². The lowest BCUT2D eigenvalue weighted by Crippen LogP contribution is -2.52. The molecule has 1 fully saturated rings. The zero-order valence-corrected chi connectivity index (χ0v) is 20.4. The maximum Gasteiger partial charge on any atom is 0.461 e. The van der Waals surface area contributed by atoms with Gasteiger partial charge < -0.3 is 14.9 Å². The number of nitrogens with one attached hydrogen (secondary N) is 2. The van der Waals surface area contributed by atoms with Crippen molar-refractivity contribution in [2.75, 3.05) is 17.8 Å². The number of carbonyl (C=O) groups is 2. The highest BCUT2D eigenvalue weighted by Gasteiger charge is 2.32. The Balaban J connectivity index is 1.61. The van der Waals surface area contributed by atoms with E-state index in [4.69, 9.17) is 11.6 Å². The van der Waals surface area contributed by atoms with Crippen molar-refractivity contribution in [3.05, 3.63) is 64.7 Å². The fourth-order valence-electron chi connectivity index (χ4n) is 3.94. The van der Waals surface area contributed by atoms with Gasteiger partial charge in [-0.3, -0.25) is 9.59 Å². The van der Waals surface area contributed by atoms with Crippen LogP contribution in [0.25, 0.3) is 0 Å². The van der Waals surface area contributed by atoms with Crippen LogP contribution in [0.5, 0.6) is 0 Å². The van der Waals surface area contributed by atoms with E-state index < -0.39 is 29.4 Å². The third kappa shape index (κ3) is 7.30. The van der Waals surface area contributed by atoms with Gasteiger partial charge in [-0.15, -0.1) is 0 Å². The molecular formula is C24H27ClF3N3O2S. The normalized spacial score (nSPS) is 15.8. The van der Waals surface area contributed by atoms with E-state index in [0.717, 1.165) is 12.8 Å². The van der Waals surface area contributed by atoms with Gasteiger partial charge in [-0.05, 0) is 60.6 Å². The SMILES string of the molecule is CC(C)C(NC(=O)c1cccc(NSC(F)(F)F)c1)C(=O)N1CCC(c2ccc(Cl)cc2)CC1. The molecule has 2 N–H and O–H groups in total. The highest BCUT2D eigenvalue weighted by atomic mass is 35.5. The van der Waals surface area contributed by atoms with Crippen LogP contribution in [0, 0.1) is 5.92 Å². The lowest BCUT2D eigenvalue weighted by Gasteiger charge is -2.35. The quantitative estimate of drug-likeness (QED) is 0.440. The number of benzene rings is 2. The van der Waals surface area contributed by atoms with Gasteiger partial charge in [0, 0.05) is 29.4 Å². The fraction of sp³-hybridized carbons (Fsp3) is 0.417. The van der Waals surface area contributed by atoms with Gasteiger partial charge in [0.2, 0.25) is 5.91 Å². The van der Waals surface area contributed by atoms with Crippen LogP contribution in [-0.2, 0) is 4.79 Å². The predicted octanol–water partition coefficient (Wildman–Crippen LogP) is 6.08. The molecule has 0 aliphatic carbocycles. The average molecular weight is 514 g/mol. The van der Waals surface area contributed by atoms with Crippen molar-refractivity contribution in [3.63, 3.8) is 0 Å². The number of likely N-dealkylation sites (tertiary alicyclic amines) is 1. The van der Waals surface area contributed by atoms with Crippen molar-refractivity contribution in [2.45, 2.75) is 44.2 Å². The van der Waals surface area contributed by atoms with Crippen molar-refractivity contribution < 1.29 is 22.8 Å². The molecule has 184 valence electrons. The van der Waals surface area contributed by atoms with Crippen LogP contribution in [-0.4, -0.2) is 41.4 Å². The average Bonchev–Trinajstić information content (AvgIpc) is 2.81. The maximum atomic E-state index is 13.2. The Morgan fingerprint density at radius 3 is 2.32 bits per heavy atom. The Kier molecular flexibility index (Phi) is 8.76. The molecule has 0 saturated carbocycles. The second-order valence-corrected chi connectivity index (χ2v) is 9.88. The van der Waals surface area contributed by atoms with E-state index in [9.17, 15) is 22.8 Å². The molecule has 34 heavy (non-hydrogen) atoms. The summed E-state index contributed by atoms with van der Waals surface area (Å²) in [5, 5.41) is 3.46. The summed E-state index contributed by atoms with van der Waals surface area (Å²) in [4.78, 5) is 27.8. The van der Waals surface area contributed by atoms with Crippen LogP contribution in [0.3, 0.4) is 0 Å². The molecule has 0 bridgehead atoms. The van der Waals surface area contributed by atoms with Crippen molar-refractivity contribution in [1.29, 1.82) is 0 Å². The topological polar surface area (TPSA) is 61.4 Å². The molecular weight excluding hydrogens is 487 g/mol. The predicted molar refractivity (Wildman–Crippen MR) is 130 cm³/mol. The van der Waals surface area contributed by atoms with E-state index in [1.165, 1.54) is 29.8 Å². The Labute approximate surface area is 206 Å². The summed E-state index contributed by atoms with van der Waals surface area (Å²) in [7, 11) is 0. The Morgan fingerprint density at radius 1 is 1.09 bits per heavy atom. The first-order valence-corrected chi connectivity index (χ1v) is 12.2. The number of carbonyl (C=O) groups excluding carboxylic acids is 2. The molecule has 1 aliphatic heterocycles. The number of rotatable bonds is 7. The lowest BCUT2D eigenvalue weighted by atomic mass is 9.89. The van der Waals surface area contributed by atoms with Gasteiger partial charge in [0.05, 0.1) is 11.9 Å². The van der Waals surface area contributed by atoms with E-state index in [1.807, 2.05) is 38.1 Å². The molecule has 5 nitrogen and oxygen atoms in total. The molecule has 1 unspecified atom stereocenters. The number of piperidine rings is 1. The number of nitrogens with zero attached hydrogens (tertiary/aromatic N) is 1. The summed E-state index contributed by atoms with van der Waals surface area (Å²) in [6.07, 6.45) is 1.63. The number of anilines is 1. The molecule has 0 aromatic heterocycles. The van der Waals surface area contributed by atoms with E-state index in [1.54, 1.807) is 4.90 Å². The van der Waals surface area contributed by atoms with Gasteiger partial charge in [-0.25, -0.2) is 0 Å². The van der Waals surface area contributed by atoms with Gasteiger partial charge in [0.25, 0.3) is 5.91 Å². The highest BCUT2D eigenvalue weighted by molar-refractivity contribution is 8.01. The number of alkyl halides is 3. The number of hydrogen-bond donors (Lipinski definition) is 2. The standard InChI is InChI=1S/C24H27ClF3N3O2S/c1-15(2)21(29-22(32)18-4-3-5-20(14-18)30-34-24(26,27)28)23(33)31-12-10-17(11-13-31)16-6-8-19(25)9-7-16/h3-9,14-15,17,21,30H,10-13H2,1-2H3,(H,29,32). The van der Waals surface area contributed by atoms with Crippen molar-refractivity contribution in [1.82, 2.24) is 10.2 Å². The maximum absolute atomic E-state index is 13.2. The molecule has 1 aliphatic rings. The minimum atomic E-state index is -4.45. The van der Waals surface area contributed by atoms with Crippen molar-refractivity contribution in [2.24, 2.45) is 5.92 Å². The van der Waals surface area contributed by atoms with Crippen LogP contribution < -0.4 is 10.0 Å². The van der Waals surface area contributed by atoms with E-state index in [0.29, 0.717) is 24.0 Å². The van der Waals surface area contributed by atoms with Crippen molar-refractivity contribution >= 4 is 41.1 Å². The third-order valence-corrected chi connectivity index (χ3v) is 6.60. The smallest absolute Gasteiger partial charge is 0.341 e. The third-order valence-electron chi connectivity index (χ3n) is 5.78. The molecule has 0 spiro atoms. The highest BCUT2D eigenvalue weighted by Crippen LogP contribution is 2.31. The first-order chi connectivity index (χ1) is 16.0. The van der Waals surface area contributed by atoms with Crippen LogP contribution in [0.2, 0.25) is 5.02 Å². The molecule has 1 atom stereocenters. The Bertz CT molecular complexity index is 994. The fourth-order valence-corrected chi connectivity index (χ4v) is 4.43. The molecule has 1 heterocycles. The monoisotopic (exact) mass is 513 g/mol. The van der Waals surface area contributed by atoms with Crippen LogP contribution in [0.4, 0.5) is 18.9 Å². The molecule has 2 aromatic rings. The summed E-state index contributed by atoms with van der Waals surface area (Å²) in [5.41, 5.74) is -2.93. The number of halogens is 4. The van der Waals surface area contributed by atoms with Crippen LogP contribution in [0.15, 0.2) is 48.5 Å². The lowest BCUT2D eigenvalue weighted by molar-refractivity contribution is -0.135. The molecule has 2 aromatic carbocycles. The minimum Gasteiger partial charge on any atom is -0.341 e. The molecule has 0 radical (unpaired) electrons. The second-order valence-electron chi connectivity index (χ2n) is 8.58. The van der Waals surface area contributed by atoms with Gasteiger partial charge in [-0.1, -0.05) is 43.6 Å². The van der Waals surface area contributed by atoms with Gasteiger partial charge in [0.1, 0.15) is 6.04 Å². The first-order valence-electron chi connectivity index (χ1n) is 11.0. The van der Waals surface area contributed by atoms with E-state index in [-0.39, 0.29) is 23.1 Å². The summed E-state index contributed by atoms with van der Waals surface area (Å²) in [6.45, 7) is 4.86. The minimum absolute atomic E-state index is 0.145. The summed E-state index contributed by atoms with van der Waals surface area (Å²) in [5.74, 6) is -0.477. The van der Waals surface area contributed by atoms with E-state index >= 15 is 0 Å². The Morgan fingerprint density at radius 2 is 1.74 bits per heavy atom. The van der Waals surface area contributed by atoms with Crippen LogP contribution >= 0.6 is 23.5 Å². The summed E-state index contributed by atoms with van der Waals surface area (Å²) >= 11 is 5.57. The zero-order chi connectivity index (χ0) is 24.9. The number of hydrogen-bond acceptors (Lipinski definition) is 4. The second kappa shape index (κ2) is 11.4. The molecule has 10 heteroatoms. The number of amides is 2. The zero-order valence-electron chi connectivity index (χ0n) is 18.9. The first kappa shape index (κ1) is 26.2. The Hall–Kier alpha value is -2.39. The summed E-state index contributed by atoms with van der Waals surface area (Å²) in [6, 6.07) is 12.8. The van der Waals surface area contributed by atoms with E-state index in [2.05, 4.69) is 10.0 Å².